The smallest absolute Gasteiger partial charge is 0.336 e. The van der Waals surface area contributed by atoms with E-state index in [0.29, 0.717) is 0 Å². The van der Waals surface area contributed by atoms with Crippen LogP contribution in [0.2, 0.25) is 10.2 Å². The van der Waals surface area contributed by atoms with E-state index in [1.54, 1.807) is 0 Å². The Balaban J connectivity index is 2.71. The van der Waals surface area contributed by atoms with Crippen LogP contribution in [0, 0.1) is 10.1 Å². The lowest BCUT2D eigenvalue weighted by Crippen LogP contribution is -2.08. The van der Waals surface area contributed by atoms with Gasteiger partial charge in [0.15, 0.2) is 0 Å². The van der Waals surface area contributed by atoms with E-state index in [1.807, 2.05) is 0 Å². The van der Waals surface area contributed by atoms with Gasteiger partial charge in [-0.25, -0.2) is 14.0 Å². The van der Waals surface area contributed by atoms with E-state index < -0.39 is 32.4 Å². The summed E-state index contributed by atoms with van der Waals surface area (Å²) in [5.41, 5.74) is -0.874. The summed E-state index contributed by atoms with van der Waals surface area (Å²) in [5, 5.41) is 19.5. The third-order valence-electron chi connectivity index (χ3n) is 2.56. The number of benzene rings is 1. The predicted molar refractivity (Wildman–Crippen MR) is 79.0 cm³/mol. The Bertz CT molecular complexity index is 812. The van der Waals surface area contributed by atoms with Gasteiger partial charge in [-0.15, -0.1) is 0 Å². The van der Waals surface area contributed by atoms with E-state index in [9.17, 15) is 19.1 Å². The Morgan fingerprint density at radius 3 is 2.55 bits per heavy atom. The van der Waals surface area contributed by atoms with Crippen molar-refractivity contribution in [2.45, 2.75) is 9.92 Å². The van der Waals surface area contributed by atoms with Crippen LogP contribution >= 0.6 is 23.2 Å². The molecule has 22 heavy (non-hydrogen) atoms. The fraction of sp³-hybridized carbons (Fsp3) is 0. The molecule has 0 saturated carbocycles. The molecule has 1 aromatic carbocycles. The molecule has 0 saturated heterocycles. The van der Waals surface area contributed by atoms with Crippen molar-refractivity contribution in [3.05, 3.63) is 56.2 Å². The van der Waals surface area contributed by atoms with Crippen molar-refractivity contribution in [2.24, 2.45) is 0 Å². The summed E-state index contributed by atoms with van der Waals surface area (Å²) in [6.45, 7) is 0. The lowest BCUT2D eigenvalue weighted by Gasteiger charge is -2.08. The van der Waals surface area contributed by atoms with Crippen LogP contribution in [0.5, 0.6) is 0 Å². The van der Waals surface area contributed by atoms with Crippen molar-refractivity contribution in [2.75, 3.05) is 0 Å². The number of carboxylic acids is 1. The van der Waals surface area contributed by atoms with Crippen LogP contribution in [-0.2, 0) is 10.8 Å². The molecule has 1 heterocycles. The van der Waals surface area contributed by atoms with E-state index in [1.165, 1.54) is 24.3 Å². The highest BCUT2D eigenvalue weighted by molar-refractivity contribution is 7.85. The lowest BCUT2D eigenvalue weighted by molar-refractivity contribution is -0.388. The number of rotatable bonds is 4. The van der Waals surface area contributed by atoms with Gasteiger partial charge in [0, 0.05) is 6.07 Å². The van der Waals surface area contributed by atoms with Gasteiger partial charge in [0.05, 0.1) is 20.4 Å². The molecule has 2 rings (SSSR count). The first kappa shape index (κ1) is 16.3. The first-order valence-corrected chi connectivity index (χ1v) is 7.48. The standard InChI is InChI=1S/C12H6Cl2N2O5S/c13-7-3-1-2-6(12(17)18)10(7)22(21)11-8(16(19)20)4-5-9(14)15-11/h1-5H,(H,17,18). The monoisotopic (exact) mass is 360 g/mol. The summed E-state index contributed by atoms with van der Waals surface area (Å²) in [6.07, 6.45) is 0. The third kappa shape index (κ3) is 3.08. The van der Waals surface area contributed by atoms with Crippen molar-refractivity contribution in [3.8, 4) is 0 Å². The predicted octanol–water partition coefficient (Wildman–Crippen LogP) is 3.16. The molecule has 0 fully saturated rings. The van der Waals surface area contributed by atoms with Gasteiger partial charge in [0.2, 0.25) is 5.03 Å². The fourth-order valence-corrected chi connectivity index (χ4v) is 3.54. The summed E-state index contributed by atoms with van der Waals surface area (Å²) in [6, 6.07) is 6.10. The second kappa shape index (κ2) is 6.39. The van der Waals surface area contributed by atoms with E-state index in [2.05, 4.69) is 4.98 Å². The number of pyridine rings is 1. The van der Waals surface area contributed by atoms with Gasteiger partial charge in [0.25, 0.3) is 0 Å². The molecule has 0 aliphatic carbocycles. The molecule has 1 N–H and O–H groups in total. The van der Waals surface area contributed by atoms with Crippen molar-refractivity contribution >= 4 is 45.7 Å². The molecule has 1 aromatic heterocycles. The SMILES string of the molecule is O=C(O)c1cccc(Cl)c1S(=O)c1nc(Cl)ccc1[N+](=O)[O-]. The minimum atomic E-state index is -2.28. The molecule has 0 radical (unpaired) electrons. The van der Waals surface area contributed by atoms with Crippen LogP contribution < -0.4 is 0 Å². The van der Waals surface area contributed by atoms with E-state index >= 15 is 0 Å². The maximum atomic E-state index is 12.6. The number of halogens is 2. The number of nitrogens with zero attached hydrogens (tertiary/aromatic N) is 2. The summed E-state index contributed by atoms with van der Waals surface area (Å²) in [7, 11) is -2.28. The molecular formula is C12H6Cl2N2O5S. The first-order chi connectivity index (χ1) is 10.3. The zero-order valence-corrected chi connectivity index (χ0v) is 12.9. The van der Waals surface area contributed by atoms with E-state index in [0.717, 1.165) is 6.07 Å². The summed E-state index contributed by atoms with van der Waals surface area (Å²) < 4.78 is 12.6. The van der Waals surface area contributed by atoms with Crippen LogP contribution in [0.3, 0.4) is 0 Å². The molecule has 0 amide bonds. The Morgan fingerprint density at radius 1 is 1.27 bits per heavy atom. The quantitative estimate of drug-likeness (QED) is 0.509. The maximum absolute atomic E-state index is 12.6. The number of nitro groups is 1. The minimum Gasteiger partial charge on any atom is -0.478 e. The number of aromatic nitrogens is 1. The number of hydrogen-bond donors (Lipinski definition) is 1. The van der Waals surface area contributed by atoms with Crippen LogP contribution in [-0.4, -0.2) is 25.2 Å². The normalized spacial score (nSPS) is 11.9. The number of aromatic carboxylic acids is 1. The number of carbonyl (C=O) groups is 1. The average molecular weight is 361 g/mol. The van der Waals surface area contributed by atoms with Crippen molar-refractivity contribution < 1.29 is 19.0 Å². The highest BCUT2D eigenvalue weighted by Gasteiger charge is 2.27. The molecule has 0 aliphatic heterocycles. The zero-order chi connectivity index (χ0) is 16.4. The van der Waals surface area contributed by atoms with Crippen LogP contribution in [0.4, 0.5) is 5.69 Å². The van der Waals surface area contributed by atoms with Gasteiger partial charge in [-0.05, 0) is 18.2 Å². The Hall–Kier alpha value is -2.03. The summed E-state index contributed by atoms with van der Waals surface area (Å²) in [4.78, 5) is 24.9. The average Bonchev–Trinajstić information content (AvgIpc) is 2.45. The van der Waals surface area contributed by atoms with Gasteiger partial charge in [-0.1, -0.05) is 29.3 Å². The molecular weight excluding hydrogens is 355 g/mol. The number of hydrogen-bond acceptors (Lipinski definition) is 5. The molecule has 2 aromatic rings. The molecule has 0 spiro atoms. The van der Waals surface area contributed by atoms with E-state index in [4.69, 9.17) is 28.3 Å². The van der Waals surface area contributed by atoms with Gasteiger partial charge in [-0.3, -0.25) is 10.1 Å². The Morgan fingerprint density at radius 2 is 1.95 bits per heavy atom. The molecule has 7 nitrogen and oxygen atoms in total. The molecule has 1 atom stereocenters. The van der Waals surface area contributed by atoms with Crippen LogP contribution in [0.1, 0.15) is 10.4 Å². The zero-order valence-electron chi connectivity index (χ0n) is 10.5. The largest absolute Gasteiger partial charge is 0.478 e. The molecule has 1 unspecified atom stereocenters. The summed E-state index contributed by atoms with van der Waals surface area (Å²) >= 11 is 11.6. The van der Waals surface area contributed by atoms with Crippen molar-refractivity contribution in [1.29, 1.82) is 0 Å². The second-order valence-electron chi connectivity index (χ2n) is 3.91. The van der Waals surface area contributed by atoms with Gasteiger partial charge >= 0.3 is 11.7 Å². The van der Waals surface area contributed by atoms with Gasteiger partial charge < -0.3 is 5.11 Å². The number of carboxylic acid groups (broad SMARTS) is 1. The maximum Gasteiger partial charge on any atom is 0.336 e. The molecule has 10 heteroatoms. The van der Waals surface area contributed by atoms with Crippen LogP contribution in [0.15, 0.2) is 40.3 Å². The summed E-state index contributed by atoms with van der Waals surface area (Å²) in [5.74, 6) is -1.37. The van der Waals surface area contributed by atoms with Crippen molar-refractivity contribution in [1.82, 2.24) is 4.98 Å². The molecule has 0 bridgehead atoms. The lowest BCUT2D eigenvalue weighted by atomic mass is 10.2. The van der Waals surface area contributed by atoms with Gasteiger partial charge in [-0.2, -0.15) is 0 Å². The molecule has 114 valence electrons. The Kier molecular flexibility index (Phi) is 4.74. The molecule has 0 aliphatic rings. The minimum absolute atomic E-state index is 0.102. The first-order valence-electron chi connectivity index (χ1n) is 5.57. The highest BCUT2D eigenvalue weighted by Crippen LogP contribution is 2.31. The Labute approximate surface area is 136 Å². The fourth-order valence-electron chi connectivity index (χ4n) is 1.65. The topological polar surface area (TPSA) is 110 Å². The van der Waals surface area contributed by atoms with Crippen molar-refractivity contribution in [3.63, 3.8) is 0 Å². The third-order valence-corrected chi connectivity index (χ3v) is 4.66. The van der Waals surface area contributed by atoms with E-state index in [-0.39, 0.29) is 20.6 Å². The van der Waals surface area contributed by atoms with Crippen LogP contribution in [0.25, 0.3) is 0 Å². The second-order valence-corrected chi connectivity index (χ2v) is 6.03. The highest BCUT2D eigenvalue weighted by atomic mass is 35.5. The van der Waals surface area contributed by atoms with Gasteiger partial charge in [0.1, 0.15) is 16.0 Å².